The number of nitrogens with zero attached hydrogens (tertiary/aromatic N) is 1. The summed E-state index contributed by atoms with van der Waals surface area (Å²) in [6.07, 6.45) is 1.44. The standard InChI is InChI=1S/C31H45NO8S/c1-3-5-6-10-25(34)20-11-13-22(14-12-20)32-21(15-18-28(32)36)8-7-9-23-16-17-27(41-23)31(39)40-19-26(35)30(38)29(37)24(33)4-2/h11-14,16-17,21,24-26,29-30,33-35,37-38H,3-10,15,18-19H2,1-2H3/t21-,24-,25-,26+,29-,30-/m0/s1. The van der Waals surface area contributed by atoms with Crippen molar-refractivity contribution in [1.29, 1.82) is 0 Å². The second kappa shape index (κ2) is 16.3. The Hall–Kier alpha value is -2.34. The molecule has 6 atom stereocenters. The number of aryl methyl sites for hydroxylation is 1. The number of ether oxygens (including phenoxy) is 1. The summed E-state index contributed by atoms with van der Waals surface area (Å²) < 4.78 is 5.10. The number of carbonyl (C=O) groups excluding carboxylic acids is 2. The van der Waals surface area contributed by atoms with Gasteiger partial charge in [0.15, 0.2) is 0 Å². The van der Waals surface area contributed by atoms with Crippen LogP contribution in [0.3, 0.4) is 0 Å². The second-order valence-electron chi connectivity index (χ2n) is 10.8. The first-order valence-electron chi connectivity index (χ1n) is 14.7. The first-order chi connectivity index (χ1) is 19.7. The Bertz CT molecular complexity index is 1090. The minimum atomic E-state index is -1.64. The van der Waals surface area contributed by atoms with E-state index in [4.69, 9.17) is 4.74 Å². The quantitative estimate of drug-likeness (QED) is 0.138. The van der Waals surface area contributed by atoms with Crippen LogP contribution in [-0.2, 0) is 16.0 Å². The number of aliphatic hydroxyl groups is 5. The summed E-state index contributed by atoms with van der Waals surface area (Å²) >= 11 is 1.29. The fraction of sp³-hybridized carbons (Fsp3) is 0.613. The smallest absolute Gasteiger partial charge is 0.348 e. The van der Waals surface area contributed by atoms with Crippen molar-refractivity contribution in [3.8, 4) is 0 Å². The maximum atomic E-state index is 12.7. The lowest BCUT2D eigenvalue weighted by Crippen LogP contribution is -2.46. The molecule has 1 aromatic carbocycles. The third-order valence-electron chi connectivity index (χ3n) is 7.73. The average molecular weight is 592 g/mol. The molecule has 1 aromatic heterocycles. The summed E-state index contributed by atoms with van der Waals surface area (Å²) in [5.41, 5.74) is 1.73. The van der Waals surface area contributed by atoms with Crippen LogP contribution in [0.15, 0.2) is 36.4 Å². The summed E-state index contributed by atoms with van der Waals surface area (Å²) in [5, 5.41) is 49.9. The third-order valence-corrected chi connectivity index (χ3v) is 8.85. The highest BCUT2D eigenvalue weighted by Crippen LogP contribution is 2.31. The molecule has 2 aromatic rings. The van der Waals surface area contributed by atoms with Gasteiger partial charge in [-0.15, -0.1) is 11.3 Å². The molecule has 1 amide bonds. The van der Waals surface area contributed by atoms with Crippen molar-refractivity contribution >= 4 is 28.9 Å². The van der Waals surface area contributed by atoms with Crippen LogP contribution in [0.1, 0.15) is 97.9 Å². The van der Waals surface area contributed by atoms with E-state index in [-0.39, 0.29) is 18.4 Å². The maximum Gasteiger partial charge on any atom is 0.348 e. The number of aliphatic hydroxyl groups excluding tert-OH is 5. The van der Waals surface area contributed by atoms with Crippen molar-refractivity contribution in [3.05, 3.63) is 51.7 Å². The van der Waals surface area contributed by atoms with Gasteiger partial charge in [-0.1, -0.05) is 45.2 Å². The highest BCUT2D eigenvalue weighted by Gasteiger charge is 2.32. The van der Waals surface area contributed by atoms with E-state index in [0.717, 1.165) is 67.5 Å². The Balaban J connectivity index is 1.47. The molecule has 0 aliphatic carbocycles. The van der Waals surface area contributed by atoms with Crippen LogP contribution >= 0.6 is 11.3 Å². The van der Waals surface area contributed by atoms with Gasteiger partial charge in [-0.3, -0.25) is 4.79 Å². The predicted octanol–water partition coefficient (Wildman–Crippen LogP) is 3.89. The Morgan fingerprint density at radius 1 is 0.976 bits per heavy atom. The molecule has 5 N–H and O–H groups in total. The predicted molar refractivity (Wildman–Crippen MR) is 158 cm³/mol. The molecule has 10 heteroatoms. The van der Waals surface area contributed by atoms with Crippen LogP contribution in [0, 0.1) is 0 Å². The van der Waals surface area contributed by atoms with Gasteiger partial charge in [0.1, 0.15) is 29.8 Å². The number of hydrogen-bond donors (Lipinski definition) is 5. The average Bonchev–Trinajstić information content (AvgIpc) is 3.61. The number of benzene rings is 1. The summed E-state index contributed by atoms with van der Waals surface area (Å²) in [6.45, 7) is 3.26. The van der Waals surface area contributed by atoms with Gasteiger partial charge in [0.25, 0.3) is 0 Å². The molecule has 0 unspecified atom stereocenters. The Kier molecular flexibility index (Phi) is 13.2. The van der Waals surface area contributed by atoms with Gasteiger partial charge < -0.3 is 35.2 Å². The molecular weight excluding hydrogens is 546 g/mol. The molecule has 0 spiro atoms. The highest BCUT2D eigenvalue weighted by molar-refractivity contribution is 7.13. The minimum absolute atomic E-state index is 0.0988. The van der Waals surface area contributed by atoms with Crippen LogP contribution in [0.4, 0.5) is 5.69 Å². The van der Waals surface area contributed by atoms with Crippen LogP contribution in [0.5, 0.6) is 0 Å². The lowest BCUT2D eigenvalue weighted by Gasteiger charge is -2.25. The molecule has 2 heterocycles. The fourth-order valence-electron chi connectivity index (χ4n) is 5.14. The normalized spacial score (nSPS) is 19.1. The molecule has 1 aliphatic rings. The molecule has 1 saturated heterocycles. The first-order valence-corrected chi connectivity index (χ1v) is 15.6. The Labute approximate surface area is 246 Å². The van der Waals surface area contributed by atoms with Crippen molar-refractivity contribution in [3.63, 3.8) is 0 Å². The van der Waals surface area contributed by atoms with Crippen LogP contribution in [-0.4, -0.2) is 74.5 Å². The number of carbonyl (C=O) groups is 2. The van der Waals surface area contributed by atoms with Gasteiger partial charge in [-0.2, -0.15) is 0 Å². The summed E-state index contributed by atoms with van der Waals surface area (Å²) in [4.78, 5) is 28.4. The fourth-order valence-corrected chi connectivity index (χ4v) is 6.09. The van der Waals surface area contributed by atoms with E-state index in [9.17, 15) is 35.1 Å². The third kappa shape index (κ3) is 9.33. The zero-order valence-electron chi connectivity index (χ0n) is 24.0. The maximum absolute atomic E-state index is 12.7. The van der Waals surface area contributed by atoms with Gasteiger partial charge in [-0.05, 0) is 68.4 Å². The zero-order chi connectivity index (χ0) is 29.9. The lowest BCUT2D eigenvalue weighted by atomic mass is 10.0. The van der Waals surface area contributed by atoms with Gasteiger partial charge >= 0.3 is 5.97 Å². The molecule has 1 fully saturated rings. The summed E-state index contributed by atoms with van der Waals surface area (Å²) in [6, 6.07) is 11.3. The van der Waals surface area contributed by atoms with Gasteiger partial charge in [0, 0.05) is 23.0 Å². The molecule has 9 nitrogen and oxygen atoms in total. The van der Waals surface area contributed by atoms with Crippen molar-refractivity contribution in [2.24, 2.45) is 0 Å². The molecule has 0 saturated carbocycles. The molecule has 0 radical (unpaired) electrons. The minimum Gasteiger partial charge on any atom is -0.459 e. The number of amides is 1. The molecule has 41 heavy (non-hydrogen) atoms. The van der Waals surface area contributed by atoms with Crippen molar-refractivity contribution in [1.82, 2.24) is 0 Å². The van der Waals surface area contributed by atoms with E-state index >= 15 is 0 Å². The van der Waals surface area contributed by atoms with E-state index in [1.807, 2.05) is 35.2 Å². The zero-order valence-corrected chi connectivity index (χ0v) is 24.8. The van der Waals surface area contributed by atoms with Gasteiger partial charge in [0.05, 0.1) is 12.2 Å². The second-order valence-corrected chi connectivity index (χ2v) is 12.0. The number of hydrogen-bond acceptors (Lipinski definition) is 9. The number of unbranched alkanes of at least 4 members (excludes halogenated alkanes) is 2. The first kappa shape index (κ1) is 33.2. The van der Waals surface area contributed by atoms with Crippen LogP contribution in [0.25, 0.3) is 0 Å². The molecule has 228 valence electrons. The van der Waals surface area contributed by atoms with E-state index in [1.54, 1.807) is 13.0 Å². The Morgan fingerprint density at radius 2 is 1.68 bits per heavy atom. The SMILES string of the molecule is CCCCC[C@H](O)c1ccc(N2C(=O)CC[C@@H]2CCCc2ccc(C(=O)OC[C@@H](O)[C@H](O)[C@@H](O)[C@@H](O)CC)s2)cc1. The van der Waals surface area contributed by atoms with Crippen molar-refractivity contribution < 1.29 is 39.9 Å². The largest absolute Gasteiger partial charge is 0.459 e. The summed E-state index contributed by atoms with van der Waals surface area (Å²) in [5.74, 6) is -0.527. The molecule has 0 bridgehead atoms. The monoisotopic (exact) mass is 591 g/mol. The highest BCUT2D eigenvalue weighted by atomic mass is 32.1. The molecule has 1 aliphatic heterocycles. The number of rotatable bonds is 17. The van der Waals surface area contributed by atoms with Crippen LogP contribution in [0.2, 0.25) is 0 Å². The lowest BCUT2D eigenvalue weighted by molar-refractivity contribution is -0.117. The van der Waals surface area contributed by atoms with E-state index in [2.05, 4.69) is 6.92 Å². The summed E-state index contributed by atoms with van der Waals surface area (Å²) in [7, 11) is 0. The topological polar surface area (TPSA) is 148 Å². The molecular formula is C31H45NO8S. The number of esters is 1. The Morgan fingerprint density at radius 3 is 2.37 bits per heavy atom. The number of anilines is 1. The van der Waals surface area contributed by atoms with Gasteiger partial charge in [-0.25, -0.2) is 4.79 Å². The van der Waals surface area contributed by atoms with Crippen molar-refractivity contribution in [2.75, 3.05) is 11.5 Å². The van der Waals surface area contributed by atoms with E-state index in [0.29, 0.717) is 11.3 Å². The van der Waals surface area contributed by atoms with E-state index in [1.165, 1.54) is 11.3 Å². The molecule has 3 rings (SSSR count). The van der Waals surface area contributed by atoms with Gasteiger partial charge in [0.2, 0.25) is 5.91 Å². The number of thiophene rings is 1. The van der Waals surface area contributed by atoms with Crippen LogP contribution < -0.4 is 4.90 Å². The van der Waals surface area contributed by atoms with Crippen molar-refractivity contribution in [2.45, 2.75) is 115 Å². The van der Waals surface area contributed by atoms with E-state index < -0.39 is 43.1 Å².